The van der Waals surface area contributed by atoms with Crippen LogP contribution >= 0.6 is 0 Å². The minimum atomic E-state index is -0.982. The Kier molecular flexibility index (Phi) is 36.0. The predicted octanol–water partition coefficient (Wildman–Crippen LogP) is 5.25. The molecule has 0 saturated carbocycles. The summed E-state index contributed by atoms with van der Waals surface area (Å²) in [6.07, 6.45) is 9.03. The van der Waals surface area contributed by atoms with E-state index >= 15 is 0 Å². The van der Waals surface area contributed by atoms with Crippen LogP contribution in [0, 0.1) is 35.5 Å². The van der Waals surface area contributed by atoms with E-state index in [9.17, 15) is 0 Å². The Morgan fingerprint density at radius 1 is 0.324 bits per heavy atom. The van der Waals surface area contributed by atoms with Crippen molar-refractivity contribution in [1.82, 2.24) is 0 Å². The first kappa shape index (κ1) is 43.3. The molecule has 0 amide bonds. The molecule has 0 spiro atoms. The summed E-state index contributed by atoms with van der Waals surface area (Å²) in [5.74, 6) is 5.55. The van der Waals surface area contributed by atoms with Crippen molar-refractivity contribution in [1.29, 1.82) is 0 Å². The molecule has 0 fully saturated rings. The average molecular weight is 810 g/mol. The fourth-order valence-corrected chi connectivity index (χ4v) is 24.9. The van der Waals surface area contributed by atoms with Gasteiger partial charge in [0, 0.05) is 0 Å². The molecular formula is C30H66FISn2. The molecule has 4 heteroatoms. The summed E-state index contributed by atoms with van der Waals surface area (Å²) >= 11 is -1.96. The van der Waals surface area contributed by atoms with E-state index in [2.05, 4.69) is 83.1 Å². The molecule has 0 saturated heterocycles. The van der Waals surface area contributed by atoms with E-state index in [1.165, 1.54) is 38.5 Å². The topological polar surface area (TPSA) is 0 Å². The van der Waals surface area contributed by atoms with Crippen molar-refractivity contribution in [3.05, 3.63) is 0 Å². The minimum Gasteiger partial charge on any atom is -1.00 e. The van der Waals surface area contributed by atoms with Gasteiger partial charge in [-0.3, -0.25) is 0 Å². The SMILES string of the molecule is CC(C)C[CH2][Sn+]([CH2]CC(C)C)[CH2]CC(C)C.CC(C)C[CH2][Sn+]([CH2]CC(C)C)[CH2]CC(C)C.[F-].[I-]. The van der Waals surface area contributed by atoms with Gasteiger partial charge in [0.05, 0.1) is 0 Å². The molecule has 0 unspecified atom stereocenters. The summed E-state index contributed by atoms with van der Waals surface area (Å²) in [4.78, 5) is 0. The molecule has 0 nitrogen and oxygen atoms in total. The zero-order valence-electron chi connectivity index (χ0n) is 25.7. The van der Waals surface area contributed by atoms with Crippen molar-refractivity contribution in [2.45, 2.75) is 148 Å². The molecule has 0 heterocycles. The average Bonchev–Trinajstić information content (AvgIpc) is 2.66. The van der Waals surface area contributed by atoms with E-state index in [1.54, 1.807) is 26.6 Å². The van der Waals surface area contributed by atoms with Gasteiger partial charge in [0.1, 0.15) is 0 Å². The van der Waals surface area contributed by atoms with Gasteiger partial charge < -0.3 is 28.7 Å². The van der Waals surface area contributed by atoms with Gasteiger partial charge in [-0.15, -0.1) is 0 Å². The number of halogens is 2. The van der Waals surface area contributed by atoms with Crippen LogP contribution in [-0.4, -0.2) is 39.5 Å². The number of hydrogen-bond acceptors (Lipinski definition) is 0. The van der Waals surface area contributed by atoms with Gasteiger partial charge in [0.25, 0.3) is 0 Å². The molecule has 34 heavy (non-hydrogen) atoms. The third-order valence-corrected chi connectivity index (χ3v) is 23.5. The van der Waals surface area contributed by atoms with Crippen LogP contribution in [0.1, 0.15) is 122 Å². The summed E-state index contributed by atoms with van der Waals surface area (Å²) in [5, 5.41) is 0. The van der Waals surface area contributed by atoms with E-state index < -0.39 is 39.5 Å². The Labute approximate surface area is 249 Å². The zero-order chi connectivity index (χ0) is 25.1. The smallest absolute Gasteiger partial charge is 1.00 e. The third-order valence-electron chi connectivity index (χ3n) is 6.45. The van der Waals surface area contributed by atoms with Gasteiger partial charge >= 0.3 is 223 Å². The van der Waals surface area contributed by atoms with Crippen molar-refractivity contribution in [2.24, 2.45) is 35.5 Å². The summed E-state index contributed by atoms with van der Waals surface area (Å²) in [6.45, 7) is 28.6. The van der Waals surface area contributed by atoms with Crippen LogP contribution < -0.4 is 28.7 Å². The standard InChI is InChI=1S/6C5H11.FH.HI.2Sn/c6*1-4-5(2)3;;;;/h6*5H,1,4H2,2-3H3;2*1H;;/q;;;;;;;;2*+1/p-2. The van der Waals surface area contributed by atoms with Gasteiger partial charge in [-0.1, -0.05) is 0 Å². The molecule has 0 aromatic carbocycles. The maximum Gasteiger partial charge on any atom is -1.00 e. The van der Waals surface area contributed by atoms with Crippen molar-refractivity contribution >= 4 is 39.5 Å². The molecule has 0 aromatic heterocycles. The molecule has 0 radical (unpaired) electrons. The molecule has 0 rings (SSSR count). The molecule has 0 aromatic rings. The molecule has 0 N–H and O–H groups in total. The Balaban J connectivity index is -0.000000250. The normalized spacial score (nSPS) is 11.1. The maximum absolute atomic E-state index is 2.38. The van der Waals surface area contributed by atoms with Crippen LogP contribution in [0.5, 0.6) is 0 Å². The predicted molar refractivity (Wildman–Crippen MR) is 157 cm³/mol. The Morgan fingerprint density at radius 3 is 0.529 bits per heavy atom. The van der Waals surface area contributed by atoms with Crippen LogP contribution in [0.3, 0.4) is 0 Å². The molecule has 208 valence electrons. The van der Waals surface area contributed by atoms with E-state index in [-0.39, 0.29) is 28.7 Å². The first-order valence-corrected chi connectivity index (χ1v) is 26.6. The van der Waals surface area contributed by atoms with Gasteiger partial charge in [-0.2, -0.15) is 0 Å². The molecule has 0 aliphatic carbocycles. The fraction of sp³-hybridized carbons (Fsp3) is 1.00. The van der Waals surface area contributed by atoms with Crippen molar-refractivity contribution in [3.63, 3.8) is 0 Å². The number of rotatable bonds is 18. The van der Waals surface area contributed by atoms with Crippen LogP contribution in [0.15, 0.2) is 0 Å². The molecule has 0 bridgehead atoms. The Bertz CT molecular complexity index is 291. The van der Waals surface area contributed by atoms with Crippen LogP contribution in [-0.2, 0) is 0 Å². The van der Waals surface area contributed by atoms with Gasteiger partial charge in [0.2, 0.25) is 0 Å². The largest absolute Gasteiger partial charge is 1.00 e. The van der Waals surface area contributed by atoms with Crippen molar-refractivity contribution in [2.75, 3.05) is 0 Å². The van der Waals surface area contributed by atoms with Crippen molar-refractivity contribution in [3.8, 4) is 0 Å². The minimum absolute atomic E-state index is 0. The van der Waals surface area contributed by atoms with E-state index in [0.29, 0.717) is 0 Å². The van der Waals surface area contributed by atoms with Crippen molar-refractivity contribution < 1.29 is 28.7 Å². The molecular weight excluding hydrogens is 744 g/mol. The Hall–Kier alpha value is 2.26. The quantitative estimate of drug-likeness (QED) is 0.131. The second-order valence-corrected chi connectivity index (χ2v) is 30.2. The zero-order valence-corrected chi connectivity index (χ0v) is 33.6. The second-order valence-electron chi connectivity index (χ2n) is 13.1. The summed E-state index contributed by atoms with van der Waals surface area (Å²) in [6, 6.07) is 0. The number of hydrogen-bond donors (Lipinski definition) is 0. The van der Waals surface area contributed by atoms with Crippen LogP contribution in [0.25, 0.3) is 0 Å². The molecule has 0 aliphatic rings. The van der Waals surface area contributed by atoms with E-state index in [0.717, 1.165) is 35.5 Å². The maximum atomic E-state index is 2.38. The third kappa shape index (κ3) is 36.4. The summed E-state index contributed by atoms with van der Waals surface area (Å²) in [5.41, 5.74) is 0. The van der Waals surface area contributed by atoms with Gasteiger partial charge in [0.15, 0.2) is 0 Å². The first-order valence-electron chi connectivity index (χ1n) is 14.5. The summed E-state index contributed by atoms with van der Waals surface area (Å²) < 4.78 is 9.91. The van der Waals surface area contributed by atoms with Crippen LogP contribution in [0.4, 0.5) is 0 Å². The van der Waals surface area contributed by atoms with Gasteiger partial charge in [-0.05, 0) is 0 Å². The first-order chi connectivity index (χ1) is 14.8. The van der Waals surface area contributed by atoms with E-state index in [4.69, 9.17) is 0 Å². The monoisotopic (exact) mass is 812 g/mol. The summed E-state index contributed by atoms with van der Waals surface area (Å²) in [7, 11) is 0. The van der Waals surface area contributed by atoms with Gasteiger partial charge in [-0.25, -0.2) is 0 Å². The molecule has 0 atom stereocenters. The molecule has 0 aliphatic heterocycles. The Morgan fingerprint density at radius 2 is 0.441 bits per heavy atom. The van der Waals surface area contributed by atoms with E-state index in [1.807, 2.05) is 0 Å². The second kappa shape index (κ2) is 28.3. The fourth-order valence-electron chi connectivity index (χ4n) is 3.71. The van der Waals surface area contributed by atoms with Crippen LogP contribution in [0.2, 0.25) is 26.6 Å².